The van der Waals surface area contributed by atoms with E-state index in [4.69, 9.17) is 5.26 Å². The molecular weight excluding hydrogens is 188 g/mol. The van der Waals surface area contributed by atoms with Crippen LogP contribution in [-0.4, -0.2) is 15.2 Å². The normalized spacial score (nSPS) is 9.53. The van der Waals surface area contributed by atoms with Crippen LogP contribution in [0.15, 0.2) is 37.2 Å². The highest BCUT2D eigenvalue weighted by atomic mass is 15.2. The molecular formula is C11H8N4. The zero-order chi connectivity index (χ0) is 10.7. The van der Waals surface area contributed by atoms with Crippen LogP contribution in [0.5, 0.6) is 0 Å². The Morgan fingerprint density at radius 3 is 2.60 bits per heavy atom. The van der Waals surface area contributed by atoms with Gasteiger partial charge in [0.15, 0.2) is 5.82 Å². The van der Waals surface area contributed by atoms with Gasteiger partial charge in [-0.15, -0.1) is 0 Å². The summed E-state index contributed by atoms with van der Waals surface area (Å²) in [6, 6.07) is 9.23. The van der Waals surface area contributed by atoms with Crippen molar-refractivity contribution in [2.45, 2.75) is 0 Å². The van der Waals surface area contributed by atoms with E-state index < -0.39 is 0 Å². The van der Waals surface area contributed by atoms with Crippen LogP contribution in [-0.2, 0) is 0 Å². The van der Waals surface area contributed by atoms with E-state index >= 15 is 0 Å². The molecule has 0 saturated carbocycles. The lowest BCUT2D eigenvalue weighted by Gasteiger charge is -2.01. The Hall–Kier alpha value is -2.41. The summed E-state index contributed by atoms with van der Waals surface area (Å²) in [6.45, 7) is 3.91. The van der Waals surface area contributed by atoms with Crippen LogP contribution in [0.4, 0.5) is 0 Å². The van der Waals surface area contributed by atoms with Gasteiger partial charge in [0.1, 0.15) is 6.33 Å². The van der Waals surface area contributed by atoms with E-state index in [1.165, 1.54) is 6.33 Å². The molecule has 1 heterocycles. The first-order valence-electron chi connectivity index (χ1n) is 4.36. The maximum absolute atomic E-state index is 8.65. The number of aromatic amines is 1. The van der Waals surface area contributed by atoms with Crippen LogP contribution in [0.25, 0.3) is 5.57 Å². The molecule has 0 fully saturated rings. The molecule has 1 N–H and O–H groups in total. The highest BCUT2D eigenvalue weighted by Crippen LogP contribution is 2.17. The predicted molar refractivity (Wildman–Crippen MR) is 55.7 cm³/mol. The first-order valence-corrected chi connectivity index (χ1v) is 4.36. The van der Waals surface area contributed by atoms with Gasteiger partial charge in [-0.25, -0.2) is 4.98 Å². The van der Waals surface area contributed by atoms with Gasteiger partial charge in [0, 0.05) is 5.57 Å². The van der Waals surface area contributed by atoms with Gasteiger partial charge >= 0.3 is 0 Å². The van der Waals surface area contributed by atoms with Crippen LogP contribution < -0.4 is 0 Å². The lowest BCUT2D eigenvalue weighted by Crippen LogP contribution is -1.89. The molecule has 0 unspecified atom stereocenters. The third-order valence-corrected chi connectivity index (χ3v) is 2.06. The summed E-state index contributed by atoms with van der Waals surface area (Å²) in [5.74, 6) is 0.639. The number of benzene rings is 1. The Labute approximate surface area is 86.9 Å². The van der Waals surface area contributed by atoms with Gasteiger partial charge in [-0.2, -0.15) is 10.4 Å². The molecule has 2 rings (SSSR count). The molecule has 0 aliphatic rings. The Kier molecular flexibility index (Phi) is 2.30. The van der Waals surface area contributed by atoms with Crippen molar-refractivity contribution >= 4 is 5.57 Å². The lowest BCUT2D eigenvalue weighted by molar-refractivity contribution is 1.07. The molecule has 72 valence electrons. The SMILES string of the molecule is C=C(c1ccc(C#N)cc1)c1ncn[nH]1. The van der Waals surface area contributed by atoms with Gasteiger partial charge in [-0.1, -0.05) is 18.7 Å². The van der Waals surface area contributed by atoms with Crippen molar-refractivity contribution < 1.29 is 0 Å². The molecule has 15 heavy (non-hydrogen) atoms. The smallest absolute Gasteiger partial charge is 0.155 e. The minimum Gasteiger partial charge on any atom is -0.259 e. The second kappa shape index (κ2) is 3.76. The maximum atomic E-state index is 8.65. The van der Waals surface area contributed by atoms with Crippen LogP contribution in [0, 0.1) is 11.3 Å². The van der Waals surface area contributed by atoms with Crippen LogP contribution in [0.3, 0.4) is 0 Å². The zero-order valence-corrected chi connectivity index (χ0v) is 7.94. The molecule has 4 heteroatoms. The van der Waals surface area contributed by atoms with Crippen molar-refractivity contribution in [3.8, 4) is 6.07 Å². The van der Waals surface area contributed by atoms with Crippen molar-refractivity contribution in [3.63, 3.8) is 0 Å². The fourth-order valence-corrected chi connectivity index (χ4v) is 1.23. The van der Waals surface area contributed by atoms with Crippen LogP contribution in [0.2, 0.25) is 0 Å². The average Bonchev–Trinajstić information content (AvgIpc) is 2.82. The summed E-state index contributed by atoms with van der Waals surface area (Å²) in [6.07, 6.45) is 1.43. The van der Waals surface area contributed by atoms with Crippen molar-refractivity contribution in [1.29, 1.82) is 5.26 Å². The summed E-state index contributed by atoms with van der Waals surface area (Å²) in [5, 5.41) is 15.1. The average molecular weight is 196 g/mol. The fourth-order valence-electron chi connectivity index (χ4n) is 1.23. The summed E-state index contributed by atoms with van der Waals surface area (Å²) >= 11 is 0. The van der Waals surface area contributed by atoms with E-state index in [1.807, 2.05) is 12.1 Å². The zero-order valence-electron chi connectivity index (χ0n) is 7.94. The van der Waals surface area contributed by atoms with E-state index in [2.05, 4.69) is 27.8 Å². The predicted octanol–water partition coefficient (Wildman–Crippen LogP) is 1.74. The number of nitriles is 1. The molecule has 0 saturated heterocycles. The first kappa shape index (κ1) is 9.16. The first-order chi connectivity index (χ1) is 7.31. The molecule has 0 aliphatic heterocycles. The summed E-state index contributed by atoms with van der Waals surface area (Å²) < 4.78 is 0. The van der Waals surface area contributed by atoms with Gasteiger partial charge in [-0.3, -0.25) is 5.10 Å². The number of nitrogens with zero attached hydrogens (tertiary/aromatic N) is 3. The summed E-state index contributed by atoms with van der Waals surface area (Å²) in [5.41, 5.74) is 2.31. The number of aromatic nitrogens is 3. The number of hydrogen-bond acceptors (Lipinski definition) is 3. The number of nitrogens with one attached hydrogen (secondary N) is 1. The van der Waals surface area contributed by atoms with Gasteiger partial charge in [0.2, 0.25) is 0 Å². The van der Waals surface area contributed by atoms with Crippen molar-refractivity contribution in [2.24, 2.45) is 0 Å². The molecule has 0 spiro atoms. The third kappa shape index (κ3) is 1.76. The number of hydrogen-bond donors (Lipinski definition) is 1. The molecule has 1 aromatic carbocycles. The standard InChI is InChI=1S/C11H8N4/c1-8(11-13-7-14-15-11)10-4-2-9(6-12)3-5-10/h2-5,7H,1H2,(H,13,14,15). The topological polar surface area (TPSA) is 65.4 Å². The molecule has 0 radical (unpaired) electrons. The molecule has 4 nitrogen and oxygen atoms in total. The van der Waals surface area contributed by atoms with Gasteiger partial charge < -0.3 is 0 Å². The van der Waals surface area contributed by atoms with Gasteiger partial charge in [0.05, 0.1) is 11.6 Å². The Morgan fingerprint density at radius 1 is 1.33 bits per heavy atom. The lowest BCUT2D eigenvalue weighted by atomic mass is 10.1. The summed E-state index contributed by atoms with van der Waals surface area (Å²) in [7, 11) is 0. The highest BCUT2D eigenvalue weighted by Gasteiger charge is 2.04. The van der Waals surface area contributed by atoms with E-state index in [-0.39, 0.29) is 0 Å². The monoisotopic (exact) mass is 196 g/mol. The van der Waals surface area contributed by atoms with Gasteiger partial charge in [0.25, 0.3) is 0 Å². The largest absolute Gasteiger partial charge is 0.259 e. The van der Waals surface area contributed by atoms with Crippen molar-refractivity contribution in [1.82, 2.24) is 15.2 Å². The van der Waals surface area contributed by atoms with E-state index in [0.717, 1.165) is 11.1 Å². The molecule has 0 bridgehead atoms. The Morgan fingerprint density at radius 2 is 2.07 bits per heavy atom. The molecule has 0 amide bonds. The second-order valence-electron chi connectivity index (χ2n) is 3.00. The molecule has 0 atom stereocenters. The molecule has 1 aromatic heterocycles. The number of H-pyrrole nitrogens is 1. The van der Waals surface area contributed by atoms with E-state index in [1.54, 1.807) is 12.1 Å². The quantitative estimate of drug-likeness (QED) is 0.795. The van der Waals surface area contributed by atoms with Crippen molar-refractivity contribution in [3.05, 3.63) is 54.1 Å². The van der Waals surface area contributed by atoms with E-state index in [0.29, 0.717) is 11.4 Å². The molecule has 0 aliphatic carbocycles. The highest BCUT2D eigenvalue weighted by molar-refractivity contribution is 5.74. The second-order valence-corrected chi connectivity index (χ2v) is 3.00. The van der Waals surface area contributed by atoms with Crippen LogP contribution in [0.1, 0.15) is 17.0 Å². The Bertz CT molecular complexity index is 503. The fraction of sp³-hybridized carbons (Fsp3) is 0. The maximum Gasteiger partial charge on any atom is 0.155 e. The number of rotatable bonds is 2. The minimum absolute atomic E-state index is 0.629. The van der Waals surface area contributed by atoms with Crippen LogP contribution >= 0.6 is 0 Å². The molecule has 2 aromatic rings. The van der Waals surface area contributed by atoms with Gasteiger partial charge in [-0.05, 0) is 17.7 Å². The van der Waals surface area contributed by atoms with Crippen molar-refractivity contribution in [2.75, 3.05) is 0 Å². The Balaban J connectivity index is 2.32. The summed E-state index contributed by atoms with van der Waals surface area (Å²) in [4.78, 5) is 4.00. The minimum atomic E-state index is 0.629. The third-order valence-electron chi connectivity index (χ3n) is 2.06. The van der Waals surface area contributed by atoms with E-state index in [9.17, 15) is 0 Å².